The molecule has 0 atom stereocenters. The SMILES string of the molecule is COc1ccc(COc2ccc(F)cc2F)cc1CN. The van der Waals surface area contributed by atoms with Gasteiger partial charge < -0.3 is 15.2 Å². The maximum Gasteiger partial charge on any atom is 0.167 e. The van der Waals surface area contributed by atoms with E-state index in [1.165, 1.54) is 6.07 Å². The highest BCUT2D eigenvalue weighted by Crippen LogP contribution is 2.22. The zero-order valence-corrected chi connectivity index (χ0v) is 11.0. The van der Waals surface area contributed by atoms with Gasteiger partial charge in [-0.3, -0.25) is 0 Å². The van der Waals surface area contributed by atoms with Crippen molar-refractivity contribution >= 4 is 0 Å². The van der Waals surface area contributed by atoms with Gasteiger partial charge in [-0.05, 0) is 29.8 Å². The number of hydrogen-bond donors (Lipinski definition) is 1. The van der Waals surface area contributed by atoms with E-state index < -0.39 is 11.6 Å². The van der Waals surface area contributed by atoms with Crippen molar-refractivity contribution in [2.24, 2.45) is 5.73 Å². The summed E-state index contributed by atoms with van der Waals surface area (Å²) < 4.78 is 36.7. The Balaban J connectivity index is 2.10. The van der Waals surface area contributed by atoms with E-state index in [4.69, 9.17) is 15.2 Å². The molecule has 2 aromatic carbocycles. The molecule has 2 N–H and O–H groups in total. The molecule has 2 aromatic rings. The number of benzene rings is 2. The van der Waals surface area contributed by atoms with Crippen molar-refractivity contribution in [3.05, 3.63) is 59.2 Å². The summed E-state index contributed by atoms with van der Waals surface area (Å²) >= 11 is 0. The summed E-state index contributed by atoms with van der Waals surface area (Å²) in [4.78, 5) is 0. The first-order valence-electron chi connectivity index (χ1n) is 6.07. The molecule has 0 amide bonds. The van der Waals surface area contributed by atoms with Crippen LogP contribution in [-0.4, -0.2) is 7.11 Å². The van der Waals surface area contributed by atoms with Crippen molar-refractivity contribution in [1.29, 1.82) is 0 Å². The Bertz CT molecular complexity index is 602. The Morgan fingerprint density at radius 3 is 2.45 bits per heavy atom. The van der Waals surface area contributed by atoms with E-state index >= 15 is 0 Å². The van der Waals surface area contributed by atoms with Crippen LogP contribution in [0.3, 0.4) is 0 Å². The fraction of sp³-hybridized carbons (Fsp3) is 0.200. The highest BCUT2D eigenvalue weighted by molar-refractivity contribution is 5.37. The zero-order chi connectivity index (χ0) is 14.5. The molecule has 106 valence electrons. The molecule has 0 aliphatic heterocycles. The molecule has 0 radical (unpaired) electrons. The topological polar surface area (TPSA) is 44.5 Å². The zero-order valence-electron chi connectivity index (χ0n) is 11.0. The van der Waals surface area contributed by atoms with Crippen LogP contribution in [-0.2, 0) is 13.2 Å². The third-order valence-corrected chi connectivity index (χ3v) is 2.85. The predicted octanol–water partition coefficient (Wildman–Crippen LogP) is 3.01. The minimum atomic E-state index is -0.724. The number of methoxy groups -OCH3 is 1. The first kappa shape index (κ1) is 14.3. The van der Waals surface area contributed by atoms with Gasteiger partial charge in [0.05, 0.1) is 7.11 Å². The van der Waals surface area contributed by atoms with Gasteiger partial charge in [0, 0.05) is 18.2 Å². The normalized spacial score (nSPS) is 10.4. The van der Waals surface area contributed by atoms with Gasteiger partial charge in [0.25, 0.3) is 0 Å². The Labute approximate surface area is 115 Å². The van der Waals surface area contributed by atoms with Crippen LogP contribution in [0.15, 0.2) is 36.4 Å². The molecule has 2 rings (SSSR count). The maximum absolute atomic E-state index is 13.4. The van der Waals surface area contributed by atoms with Gasteiger partial charge >= 0.3 is 0 Å². The number of ether oxygens (including phenoxy) is 2. The third-order valence-electron chi connectivity index (χ3n) is 2.85. The monoisotopic (exact) mass is 279 g/mol. The van der Waals surface area contributed by atoms with E-state index in [1.54, 1.807) is 19.2 Å². The van der Waals surface area contributed by atoms with Crippen LogP contribution in [0.25, 0.3) is 0 Å². The molecule has 0 aromatic heterocycles. The molecular formula is C15H15F2NO2. The summed E-state index contributed by atoms with van der Waals surface area (Å²) in [5, 5.41) is 0. The average Bonchev–Trinajstić information content (AvgIpc) is 2.46. The largest absolute Gasteiger partial charge is 0.496 e. The molecule has 0 bridgehead atoms. The minimum absolute atomic E-state index is 0.0107. The molecule has 0 heterocycles. The second kappa shape index (κ2) is 6.34. The smallest absolute Gasteiger partial charge is 0.167 e. The first-order valence-corrected chi connectivity index (χ1v) is 6.07. The summed E-state index contributed by atoms with van der Waals surface area (Å²) in [6.45, 7) is 0.501. The van der Waals surface area contributed by atoms with E-state index in [-0.39, 0.29) is 12.4 Å². The van der Waals surface area contributed by atoms with Gasteiger partial charge in [0.2, 0.25) is 0 Å². The summed E-state index contributed by atoms with van der Waals surface area (Å²) in [6, 6.07) is 8.62. The van der Waals surface area contributed by atoms with Crippen molar-refractivity contribution < 1.29 is 18.3 Å². The summed E-state index contributed by atoms with van der Waals surface area (Å²) in [6.07, 6.45) is 0. The second-order valence-corrected chi connectivity index (χ2v) is 4.21. The van der Waals surface area contributed by atoms with Crippen molar-refractivity contribution in [3.63, 3.8) is 0 Å². The van der Waals surface area contributed by atoms with Crippen LogP contribution >= 0.6 is 0 Å². The van der Waals surface area contributed by atoms with Crippen LogP contribution in [0.2, 0.25) is 0 Å². The summed E-state index contributed by atoms with van der Waals surface area (Å²) in [5.74, 6) is -0.650. The molecule has 3 nitrogen and oxygen atoms in total. The lowest BCUT2D eigenvalue weighted by molar-refractivity contribution is 0.289. The number of hydrogen-bond acceptors (Lipinski definition) is 3. The predicted molar refractivity (Wildman–Crippen MR) is 71.6 cm³/mol. The molecule has 0 fully saturated rings. The molecule has 0 saturated carbocycles. The molecule has 20 heavy (non-hydrogen) atoms. The number of nitrogens with two attached hydrogens (primary N) is 1. The Morgan fingerprint density at radius 2 is 1.80 bits per heavy atom. The van der Waals surface area contributed by atoms with Crippen molar-refractivity contribution in [1.82, 2.24) is 0 Å². The lowest BCUT2D eigenvalue weighted by Crippen LogP contribution is -2.03. The fourth-order valence-electron chi connectivity index (χ4n) is 1.83. The molecule has 5 heteroatoms. The average molecular weight is 279 g/mol. The first-order chi connectivity index (χ1) is 9.63. The molecule has 0 aliphatic carbocycles. The van der Waals surface area contributed by atoms with Gasteiger partial charge in [-0.2, -0.15) is 0 Å². The number of halogens is 2. The molecule has 0 spiro atoms. The summed E-state index contributed by atoms with van der Waals surface area (Å²) in [7, 11) is 1.57. The fourth-order valence-corrected chi connectivity index (χ4v) is 1.83. The van der Waals surface area contributed by atoms with Crippen LogP contribution in [0.4, 0.5) is 8.78 Å². The highest BCUT2D eigenvalue weighted by atomic mass is 19.1. The molecule has 0 aliphatic rings. The summed E-state index contributed by atoms with van der Waals surface area (Å²) in [5.41, 5.74) is 7.29. The highest BCUT2D eigenvalue weighted by Gasteiger charge is 2.07. The van der Waals surface area contributed by atoms with E-state index in [0.29, 0.717) is 12.3 Å². The van der Waals surface area contributed by atoms with E-state index in [0.717, 1.165) is 23.3 Å². The lowest BCUT2D eigenvalue weighted by atomic mass is 10.1. The number of rotatable bonds is 5. The molecule has 0 saturated heterocycles. The Kier molecular flexibility index (Phi) is 4.53. The van der Waals surface area contributed by atoms with Crippen molar-refractivity contribution in [2.75, 3.05) is 7.11 Å². The Morgan fingerprint density at radius 1 is 1.05 bits per heavy atom. The van der Waals surface area contributed by atoms with Gasteiger partial charge in [0.15, 0.2) is 11.6 Å². The van der Waals surface area contributed by atoms with Crippen molar-refractivity contribution in [3.8, 4) is 11.5 Å². The molecular weight excluding hydrogens is 264 g/mol. The third kappa shape index (κ3) is 3.24. The quantitative estimate of drug-likeness (QED) is 0.915. The van der Waals surface area contributed by atoms with Crippen LogP contribution in [0.1, 0.15) is 11.1 Å². The van der Waals surface area contributed by atoms with Crippen molar-refractivity contribution in [2.45, 2.75) is 13.2 Å². The molecule has 0 unspecified atom stereocenters. The van der Waals surface area contributed by atoms with Gasteiger partial charge in [0.1, 0.15) is 18.2 Å². The lowest BCUT2D eigenvalue weighted by Gasteiger charge is -2.11. The van der Waals surface area contributed by atoms with Crippen LogP contribution in [0, 0.1) is 11.6 Å². The maximum atomic E-state index is 13.4. The van der Waals surface area contributed by atoms with Crippen LogP contribution < -0.4 is 15.2 Å². The van der Waals surface area contributed by atoms with E-state index in [1.807, 2.05) is 6.07 Å². The van der Waals surface area contributed by atoms with E-state index in [2.05, 4.69) is 0 Å². The van der Waals surface area contributed by atoms with Gasteiger partial charge in [-0.15, -0.1) is 0 Å². The van der Waals surface area contributed by atoms with Crippen LogP contribution in [0.5, 0.6) is 11.5 Å². The van der Waals surface area contributed by atoms with E-state index in [9.17, 15) is 8.78 Å². The second-order valence-electron chi connectivity index (χ2n) is 4.21. The van der Waals surface area contributed by atoms with Gasteiger partial charge in [-0.1, -0.05) is 6.07 Å². The van der Waals surface area contributed by atoms with Gasteiger partial charge in [-0.25, -0.2) is 8.78 Å². The standard InChI is InChI=1S/C15H15F2NO2/c1-19-14-4-2-10(6-11(14)8-18)9-20-15-5-3-12(16)7-13(15)17/h2-7H,8-9,18H2,1H3. The minimum Gasteiger partial charge on any atom is -0.496 e. The Hall–Kier alpha value is -2.14.